The van der Waals surface area contributed by atoms with Crippen LogP contribution >= 0.6 is 23.2 Å². The molecule has 0 spiro atoms. The van der Waals surface area contributed by atoms with E-state index in [0.717, 1.165) is 0 Å². The smallest absolute Gasteiger partial charge is 0.215 e. The summed E-state index contributed by atoms with van der Waals surface area (Å²) in [6.45, 7) is 5.51. The fourth-order valence-electron chi connectivity index (χ4n) is 1.11. The number of halogens is 2. The van der Waals surface area contributed by atoms with Crippen LogP contribution in [0.5, 0.6) is 0 Å². The molecule has 0 aromatic carbocycles. The summed E-state index contributed by atoms with van der Waals surface area (Å²) in [6, 6.07) is 0. The lowest BCUT2D eigenvalue weighted by molar-refractivity contribution is -0.111. The number of aliphatic hydroxyl groups is 1. The summed E-state index contributed by atoms with van der Waals surface area (Å²) >= 11 is 11.4. The van der Waals surface area contributed by atoms with Crippen molar-refractivity contribution in [1.29, 1.82) is 0 Å². The summed E-state index contributed by atoms with van der Waals surface area (Å²) in [6.07, 6.45) is 2.67. The van der Waals surface area contributed by atoms with Crippen LogP contribution in [0.4, 0.5) is 0 Å². The van der Waals surface area contributed by atoms with Gasteiger partial charge in [-0.2, -0.15) is 0 Å². The Labute approximate surface area is 93.2 Å². The second-order valence-corrected chi connectivity index (χ2v) is 5.20. The maximum Gasteiger partial charge on any atom is 0.215 e. The molecule has 0 radical (unpaired) electrons. The summed E-state index contributed by atoms with van der Waals surface area (Å²) in [5.74, 6) is -0.442. The molecule has 0 aromatic rings. The van der Waals surface area contributed by atoms with Crippen LogP contribution in [0, 0.1) is 5.41 Å². The first-order valence-electron chi connectivity index (χ1n) is 4.21. The van der Waals surface area contributed by atoms with Crippen LogP contribution in [0.3, 0.4) is 0 Å². The first-order chi connectivity index (χ1) is 6.17. The minimum atomic E-state index is -1.27. The van der Waals surface area contributed by atoms with E-state index in [1.165, 1.54) is 12.2 Å². The second-order valence-electron chi connectivity index (χ2n) is 4.39. The Morgan fingerprint density at radius 2 is 1.57 bits per heavy atom. The first-order valence-corrected chi connectivity index (χ1v) is 4.97. The zero-order chi connectivity index (χ0) is 11.1. The lowest BCUT2D eigenvalue weighted by Gasteiger charge is -2.37. The SMILES string of the molecule is CC(C)(C)C1(O)C=C(Cl)C(=O)C(Cl)=C1. The Bertz CT molecular complexity index is 313. The average molecular weight is 235 g/mol. The van der Waals surface area contributed by atoms with Crippen molar-refractivity contribution in [3.05, 3.63) is 22.2 Å². The van der Waals surface area contributed by atoms with Gasteiger partial charge in [0.1, 0.15) is 5.60 Å². The van der Waals surface area contributed by atoms with Gasteiger partial charge in [0.2, 0.25) is 5.78 Å². The molecule has 0 aromatic heterocycles. The molecule has 1 rings (SSSR count). The van der Waals surface area contributed by atoms with E-state index < -0.39 is 16.8 Å². The lowest BCUT2D eigenvalue weighted by atomic mass is 9.74. The number of carbonyl (C=O) groups is 1. The number of rotatable bonds is 0. The van der Waals surface area contributed by atoms with Crippen molar-refractivity contribution in [1.82, 2.24) is 0 Å². The molecule has 1 aliphatic rings. The van der Waals surface area contributed by atoms with Crippen LogP contribution in [0.15, 0.2) is 22.2 Å². The molecule has 0 unspecified atom stereocenters. The third-order valence-electron chi connectivity index (χ3n) is 2.33. The van der Waals surface area contributed by atoms with Gasteiger partial charge < -0.3 is 5.11 Å². The van der Waals surface area contributed by atoms with E-state index in [-0.39, 0.29) is 10.1 Å². The van der Waals surface area contributed by atoms with Gasteiger partial charge in [-0.15, -0.1) is 0 Å². The fourth-order valence-corrected chi connectivity index (χ4v) is 1.69. The van der Waals surface area contributed by atoms with Crippen LogP contribution in [-0.4, -0.2) is 16.5 Å². The molecule has 0 fully saturated rings. The zero-order valence-corrected chi connectivity index (χ0v) is 9.78. The van der Waals surface area contributed by atoms with E-state index in [2.05, 4.69) is 0 Å². The molecule has 0 bridgehead atoms. The monoisotopic (exact) mass is 234 g/mol. The molecular formula is C10H12Cl2O2. The first kappa shape index (κ1) is 11.8. The van der Waals surface area contributed by atoms with Gasteiger partial charge in [-0.05, 0) is 17.6 Å². The summed E-state index contributed by atoms with van der Waals surface area (Å²) < 4.78 is 0. The van der Waals surface area contributed by atoms with E-state index in [0.29, 0.717) is 0 Å². The molecule has 0 amide bonds. The van der Waals surface area contributed by atoms with Crippen molar-refractivity contribution in [2.24, 2.45) is 5.41 Å². The number of Topliss-reactive ketones (excluding diaryl/α,β-unsaturated/α-hetero) is 1. The molecule has 1 N–H and O–H groups in total. The van der Waals surface area contributed by atoms with Crippen LogP contribution in [0.2, 0.25) is 0 Å². The molecule has 0 atom stereocenters. The van der Waals surface area contributed by atoms with E-state index >= 15 is 0 Å². The number of hydrogen-bond donors (Lipinski definition) is 1. The van der Waals surface area contributed by atoms with Crippen molar-refractivity contribution in [3.8, 4) is 0 Å². The van der Waals surface area contributed by atoms with Gasteiger partial charge in [0.05, 0.1) is 10.1 Å². The van der Waals surface area contributed by atoms with Crippen molar-refractivity contribution in [2.45, 2.75) is 26.4 Å². The highest BCUT2D eigenvalue weighted by atomic mass is 35.5. The number of hydrogen-bond acceptors (Lipinski definition) is 2. The van der Waals surface area contributed by atoms with Gasteiger partial charge in [0.15, 0.2) is 0 Å². The van der Waals surface area contributed by atoms with Crippen LogP contribution in [0.1, 0.15) is 20.8 Å². The second kappa shape index (κ2) is 3.37. The maximum atomic E-state index is 11.2. The van der Waals surface area contributed by atoms with Gasteiger partial charge in [0, 0.05) is 0 Å². The Morgan fingerprint density at radius 1 is 1.21 bits per heavy atom. The van der Waals surface area contributed by atoms with Crippen LogP contribution in [-0.2, 0) is 4.79 Å². The van der Waals surface area contributed by atoms with Crippen molar-refractivity contribution in [3.63, 3.8) is 0 Å². The van der Waals surface area contributed by atoms with Gasteiger partial charge in [-0.1, -0.05) is 44.0 Å². The average Bonchev–Trinajstić information content (AvgIpc) is 1.98. The number of allylic oxidation sites excluding steroid dienone is 2. The van der Waals surface area contributed by atoms with Crippen molar-refractivity contribution in [2.75, 3.05) is 0 Å². The topological polar surface area (TPSA) is 37.3 Å². The minimum absolute atomic E-state index is 0.0325. The highest BCUT2D eigenvalue weighted by Crippen LogP contribution is 2.39. The van der Waals surface area contributed by atoms with Gasteiger partial charge >= 0.3 is 0 Å². The highest BCUT2D eigenvalue weighted by Gasteiger charge is 2.40. The summed E-state index contributed by atoms with van der Waals surface area (Å²) in [7, 11) is 0. The number of carbonyl (C=O) groups excluding carboxylic acids is 1. The molecule has 0 saturated heterocycles. The summed E-state index contributed by atoms with van der Waals surface area (Å²) in [4.78, 5) is 11.2. The van der Waals surface area contributed by atoms with E-state index in [9.17, 15) is 9.90 Å². The molecule has 0 saturated carbocycles. The van der Waals surface area contributed by atoms with Crippen LogP contribution < -0.4 is 0 Å². The third kappa shape index (κ3) is 1.88. The Hall–Kier alpha value is -0.310. The molecule has 78 valence electrons. The summed E-state index contributed by atoms with van der Waals surface area (Å²) in [5.41, 5.74) is -1.73. The molecule has 1 aliphatic carbocycles. The lowest BCUT2D eigenvalue weighted by Crippen LogP contribution is -2.41. The fraction of sp³-hybridized carbons (Fsp3) is 0.500. The summed E-state index contributed by atoms with van der Waals surface area (Å²) in [5, 5.41) is 10.1. The third-order valence-corrected chi connectivity index (χ3v) is 2.89. The highest BCUT2D eigenvalue weighted by molar-refractivity contribution is 6.55. The van der Waals surface area contributed by atoms with E-state index in [1.807, 2.05) is 20.8 Å². The quantitative estimate of drug-likeness (QED) is 0.700. The van der Waals surface area contributed by atoms with Crippen LogP contribution in [0.25, 0.3) is 0 Å². The van der Waals surface area contributed by atoms with Crippen molar-refractivity contribution >= 4 is 29.0 Å². The van der Waals surface area contributed by atoms with E-state index in [1.54, 1.807) is 0 Å². The number of ketones is 1. The van der Waals surface area contributed by atoms with Gasteiger partial charge in [-0.3, -0.25) is 4.79 Å². The largest absolute Gasteiger partial charge is 0.381 e. The van der Waals surface area contributed by atoms with E-state index in [4.69, 9.17) is 23.2 Å². The molecular weight excluding hydrogens is 223 g/mol. The van der Waals surface area contributed by atoms with Gasteiger partial charge in [-0.25, -0.2) is 0 Å². The Balaban J connectivity index is 3.23. The predicted octanol–water partition coefficient (Wildman–Crippen LogP) is 2.59. The molecule has 0 aliphatic heterocycles. The zero-order valence-electron chi connectivity index (χ0n) is 8.27. The maximum absolute atomic E-state index is 11.2. The predicted molar refractivity (Wildman–Crippen MR) is 57.3 cm³/mol. The Kier molecular flexibility index (Phi) is 2.83. The van der Waals surface area contributed by atoms with Gasteiger partial charge in [0.25, 0.3) is 0 Å². The Morgan fingerprint density at radius 3 is 1.86 bits per heavy atom. The molecule has 0 heterocycles. The minimum Gasteiger partial charge on any atom is -0.381 e. The molecule has 4 heteroatoms. The molecule has 2 nitrogen and oxygen atoms in total. The standard InChI is InChI=1S/C10H12Cl2O2/c1-9(2,3)10(14)4-6(11)8(13)7(12)5-10/h4-5,14H,1-3H3. The molecule has 14 heavy (non-hydrogen) atoms. The van der Waals surface area contributed by atoms with Crippen molar-refractivity contribution < 1.29 is 9.90 Å². The normalized spacial score (nSPS) is 21.7.